The van der Waals surface area contributed by atoms with Crippen LogP contribution in [-0.4, -0.2) is 42.9 Å². The number of carbonyl (C=O) groups excluding carboxylic acids is 2. The maximum atomic E-state index is 12.5. The first kappa shape index (κ1) is 22.6. The number of nitrogens with zero attached hydrogens (tertiary/aromatic N) is 1. The zero-order chi connectivity index (χ0) is 22.5. The number of hydrogen-bond donors (Lipinski definition) is 2. The van der Waals surface area contributed by atoms with Crippen molar-refractivity contribution in [2.75, 3.05) is 31.5 Å². The highest BCUT2D eigenvalue weighted by molar-refractivity contribution is 8.04. The van der Waals surface area contributed by atoms with Crippen molar-refractivity contribution in [2.24, 2.45) is 11.8 Å². The minimum Gasteiger partial charge on any atom is -0.352 e. The largest absolute Gasteiger partial charge is 0.352 e. The minimum atomic E-state index is -0.104. The summed E-state index contributed by atoms with van der Waals surface area (Å²) in [5.41, 5.74) is 2.38. The normalized spacial score (nSPS) is 22.3. The van der Waals surface area contributed by atoms with Gasteiger partial charge in [0.05, 0.1) is 10.6 Å². The lowest BCUT2D eigenvalue weighted by Gasteiger charge is -2.34. The molecule has 4 rings (SSSR count). The molecule has 1 saturated heterocycles. The molecule has 5 nitrogen and oxygen atoms in total. The Bertz CT molecular complexity index is 992. The first-order chi connectivity index (χ1) is 15.5. The number of likely N-dealkylation sites (tertiary alicyclic amines) is 1. The predicted molar refractivity (Wildman–Crippen MR) is 132 cm³/mol. The molecule has 2 aliphatic rings. The van der Waals surface area contributed by atoms with Gasteiger partial charge in [0.15, 0.2) is 0 Å². The van der Waals surface area contributed by atoms with E-state index in [1.807, 2.05) is 54.6 Å². The SMILES string of the molecule is C[C@H]1C[C@H](C)CN(CCCNC(=O)c2ccc(/C=C3/Sc4ccccc4NC3=O)cc2)C1. The molecule has 32 heavy (non-hydrogen) atoms. The van der Waals surface area contributed by atoms with Crippen molar-refractivity contribution >= 4 is 35.3 Å². The van der Waals surface area contributed by atoms with Crippen molar-refractivity contribution in [1.82, 2.24) is 10.2 Å². The molecule has 2 N–H and O–H groups in total. The number of carbonyl (C=O) groups is 2. The smallest absolute Gasteiger partial charge is 0.262 e. The average Bonchev–Trinajstić information content (AvgIpc) is 2.77. The zero-order valence-electron chi connectivity index (χ0n) is 18.8. The van der Waals surface area contributed by atoms with E-state index >= 15 is 0 Å². The Morgan fingerprint density at radius 2 is 1.84 bits per heavy atom. The molecule has 2 amide bonds. The highest BCUT2D eigenvalue weighted by Gasteiger charge is 2.22. The molecule has 1 fully saturated rings. The van der Waals surface area contributed by atoms with E-state index in [-0.39, 0.29) is 11.8 Å². The molecule has 2 heterocycles. The molecule has 0 spiro atoms. The summed E-state index contributed by atoms with van der Waals surface area (Å²) in [4.78, 5) is 29.0. The Hall–Kier alpha value is -2.57. The molecule has 2 atom stereocenters. The van der Waals surface area contributed by atoms with Gasteiger partial charge in [0.25, 0.3) is 11.8 Å². The Balaban J connectivity index is 1.27. The number of thioether (sulfide) groups is 1. The van der Waals surface area contributed by atoms with Crippen molar-refractivity contribution < 1.29 is 9.59 Å². The number of hydrogen-bond acceptors (Lipinski definition) is 4. The van der Waals surface area contributed by atoms with E-state index in [2.05, 4.69) is 29.4 Å². The van der Waals surface area contributed by atoms with Crippen LogP contribution in [0.1, 0.15) is 42.6 Å². The van der Waals surface area contributed by atoms with E-state index in [9.17, 15) is 9.59 Å². The van der Waals surface area contributed by atoms with E-state index in [4.69, 9.17) is 0 Å². The van der Waals surface area contributed by atoms with Gasteiger partial charge in [-0.25, -0.2) is 0 Å². The molecule has 0 aliphatic carbocycles. The van der Waals surface area contributed by atoms with Gasteiger partial charge in [-0.2, -0.15) is 0 Å². The van der Waals surface area contributed by atoms with Gasteiger partial charge in [-0.3, -0.25) is 9.59 Å². The molecule has 6 heteroatoms. The molecule has 0 aromatic heterocycles. The van der Waals surface area contributed by atoms with Crippen molar-refractivity contribution in [3.05, 3.63) is 64.6 Å². The van der Waals surface area contributed by atoms with Gasteiger partial charge >= 0.3 is 0 Å². The Morgan fingerprint density at radius 3 is 2.59 bits per heavy atom. The molecule has 168 valence electrons. The standard InChI is InChI=1S/C26H31N3O2S/c1-18-14-19(2)17-29(16-18)13-5-12-27-25(30)21-10-8-20(9-11-21)15-24-26(31)28-22-6-3-4-7-23(22)32-24/h3-4,6-11,15,18-19H,5,12-14,16-17H2,1-2H3,(H,27,30)(H,28,31)/b24-15+/t18-,19-/m0/s1. The van der Waals surface area contributed by atoms with E-state index in [0.717, 1.165) is 54.0 Å². The maximum absolute atomic E-state index is 12.5. The van der Waals surface area contributed by atoms with Crippen LogP contribution < -0.4 is 10.6 Å². The predicted octanol–water partition coefficient (Wildman–Crippen LogP) is 4.87. The summed E-state index contributed by atoms with van der Waals surface area (Å²) < 4.78 is 0. The Labute approximate surface area is 194 Å². The van der Waals surface area contributed by atoms with Gasteiger partial charge in [-0.15, -0.1) is 0 Å². The molecular weight excluding hydrogens is 418 g/mol. The first-order valence-electron chi connectivity index (χ1n) is 11.4. The fraction of sp³-hybridized carbons (Fsp3) is 0.385. The second-order valence-electron chi connectivity index (χ2n) is 9.00. The Morgan fingerprint density at radius 1 is 1.12 bits per heavy atom. The van der Waals surface area contributed by atoms with Crippen LogP contribution in [0.25, 0.3) is 6.08 Å². The molecule has 2 aromatic rings. The lowest BCUT2D eigenvalue weighted by atomic mass is 9.92. The summed E-state index contributed by atoms with van der Waals surface area (Å²) in [6.07, 6.45) is 4.14. The van der Waals surface area contributed by atoms with Gasteiger partial charge in [0, 0.05) is 30.1 Å². The number of fused-ring (bicyclic) bond motifs is 1. The van der Waals surface area contributed by atoms with E-state index < -0.39 is 0 Å². The number of amides is 2. The summed E-state index contributed by atoms with van der Waals surface area (Å²) in [6, 6.07) is 15.2. The van der Waals surface area contributed by atoms with E-state index in [1.54, 1.807) is 0 Å². The summed E-state index contributed by atoms with van der Waals surface area (Å²) >= 11 is 1.46. The van der Waals surface area contributed by atoms with Crippen molar-refractivity contribution in [1.29, 1.82) is 0 Å². The number of nitrogens with one attached hydrogen (secondary N) is 2. The number of rotatable bonds is 6. The van der Waals surface area contributed by atoms with Gasteiger partial charge < -0.3 is 15.5 Å². The van der Waals surface area contributed by atoms with Gasteiger partial charge in [-0.1, -0.05) is 49.9 Å². The highest BCUT2D eigenvalue weighted by Crippen LogP contribution is 2.38. The maximum Gasteiger partial charge on any atom is 0.262 e. The van der Waals surface area contributed by atoms with Crippen molar-refractivity contribution in [3.8, 4) is 0 Å². The molecule has 0 unspecified atom stereocenters. The van der Waals surface area contributed by atoms with Crippen LogP contribution in [0.5, 0.6) is 0 Å². The summed E-state index contributed by atoms with van der Waals surface area (Å²) in [5.74, 6) is 1.36. The van der Waals surface area contributed by atoms with Crippen LogP contribution in [0.4, 0.5) is 5.69 Å². The van der Waals surface area contributed by atoms with Crippen LogP contribution in [-0.2, 0) is 4.79 Å². The van der Waals surface area contributed by atoms with Crippen molar-refractivity contribution in [3.63, 3.8) is 0 Å². The number of piperidine rings is 1. The zero-order valence-corrected chi connectivity index (χ0v) is 19.6. The first-order valence-corrected chi connectivity index (χ1v) is 12.2. The molecule has 0 radical (unpaired) electrons. The summed E-state index contributed by atoms with van der Waals surface area (Å²) in [5, 5.41) is 5.95. The van der Waals surface area contributed by atoms with Crippen molar-refractivity contribution in [2.45, 2.75) is 31.6 Å². The van der Waals surface area contributed by atoms with E-state index in [0.29, 0.717) is 17.0 Å². The topological polar surface area (TPSA) is 61.4 Å². The molecular formula is C26H31N3O2S. The van der Waals surface area contributed by atoms with Crippen LogP contribution in [0.3, 0.4) is 0 Å². The Kier molecular flexibility index (Phi) is 7.33. The number of benzene rings is 2. The third-order valence-electron chi connectivity index (χ3n) is 5.93. The number of anilines is 1. The lowest BCUT2D eigenvalue weighted by Crippen LogP contribution is -2.40. The van der Waals surface area contributed by atoms with Gasteiger partial charge in [-0.05, 0) is 67.1 Å². The molecule has 0 bridgehead atoms. The van der Waals surface area contributed by atoms with Gasteiger partial charge in [0.2, 0.25) is 0 Å². The summed E-state index contributed by atoms with van der Waals surface area (Å²) in [7, 11) is 0. The van der Waals surface area contributed by atoms with Crippen LogP contribution in [0, 0.1) is 11.8 Å². The third-order valence-corrected chi connectivity index (χ3v) is 7.03. The fourth-order valence-corrected chi connectivity index (χ4v) is 5.52. The molecule has 2 aromatic carbocycles. The van der Waals surface area contributed by atoms with E-state index in [1.165, 1.54) is 18.2 Å². The second-order valence-corrected chi connectivity index (χ2v) is 10.1. The monoisotopic (exact) mass is 449 g/mol. The molecule has 0 saturated carbocycles. The van der Waals surface area contributed by atoms with Gasteiger partial charge in [0.1, 0.15) is 0 Å². The van der Waals surface area contributed by atoms with Crippen LogP contribution >= 0.6 is 11.8 Å². The highest BCUT2D eigenvalue weighted by atomic mass is 32.2. The minimum absolute atomic E-state index is 0.0525. The average molecular weight is 450 g/mol. The quantitative estimate of drug-likeness (QED) is 0.488. The third kappa shape index (κ3) is 5.81. The molecule has 2 aliphatic heterocycles. The number of para-hydroxylation sites is 1. The summed E-state index contributed by atoms with van der Waals surface area (Å²) in [6.45, 7) is 8.68. The lowest BCUT2D eigenvalue weighted by molar-refractivity contribution is -0.112. The fourth-order valence-electron chi connectivity index (χ4n) is 4.57. The van der Waals surface area contributed by atoms with Crippen LogP contribution in [0.2, 0.25) is 0 Å². The van der Waals surface area contributed by atoms with Crippen LogP contribution in [0.15, 0.2) is 58.3 Å². The second kappa shape index (κ2) is 10.4.